The molecule has 0 aliphatic heterocycles. The number of rotatable bonds is 7. The summed E-state index contributed by atoms with van der Waals surface area (Å²) in [6, 6.07) is 8.13. The molecular weight excluding hydrogens is 294 g/mol. The zero-order valence-corrected chi connectivity index (χ0v) is 12.7. The number of esters is 1. The van der Waals surface area contributed by atoms with Crippen molar-refractivity contribution in [3.63, 3.8) is 0 Å². The molecule has 114 valence electrons. The van der Waals surface area contributed by atoms with Gasteiger partial charge in [0, 0.05) is 7.11 Å². The third-order valence-electron chi connectivity index (χ3n) is 2.85. The van der Waals surface area contributed by atoms with E-state index in [0.29, 0.717) is 11.1 Å². The van der Waals surface area contributed by atoms with Crippen molar-refractivity contribution in [1.29, 1.82) is 5.26 Å². The van der Waals surface area contributed by atoms with Crippen molar-refractivity contribution in [2.75, 3.05) is 20.3 Å². The average molecular weight is 311 g/mol. The van der Waals surface area contributed by atoms with E-state index in [1.165, 1.54) is 26.2 Å². The Morgan fingerprint density at radius 1 is 1.29 bits per heavy atom. The van der Waals surface area contributed by atoms with Crippen LogP contribution < -0.4 is 0 Å². The Bertz CT molecular complexity index is 616. The minimum Gasteiger partial charge on any atom is -0.462 e. The number of methoxy groups -OCH3 is 1. The fourth-order valence-electron chi connectivity index (χ4n) is 1.52. The summed E-state index contributed by atoms with van der Waals surface area (Å²) < 4.78 is 33.8. The Labute approximate surface area is 124 Å². The molecule has 21 heavy (non-hydrogen) atoms. The molecule has 0 radical (unpaired) electrons. The van der Waals surface area contributed by atoms with Gasteiger partial charge in [-0.2, -0.15) is 5.26 Å². The quantitative estimate of drug-likeness (QED) is 0.552. The predicted molar refractivity (Wildman–Crippen MR) is 76.1 cm³/mol. The van der Waals surface area contributed by atoms with Gasteiger partial charge in [-0.05, 0) is 24.6 Å². The van der Waals surface area contributed by atoms with E-state index < -0.39 is 21.1 Å². The lowest BCUT2D eigenvalue weighted by Gasteiger charge is -2.12. The van der Waals surface area contributed by atoms with E-state index in [4.69, 9.17) is 14.7 Å². The Morgan fingerprint density at radius 3 is 2.43 bits per heavy atom. The fourth-order valence-corrected chi connectivity index (χ4v) is 2.79. The molecule has 0 N–H and O–H groups in total. The fraction of sp³-hybridized carbons (Fsp3) is 0.429. The number of hydrogen-bond donors (Lipinski definition) is 0. The highest BCUT2D eigenvalue weighted by atomic mass is 32.2. The highest BCUT2D eigenvalue weighted by Crippen LogP contribution is 2.13. The Kier molecular flexibility index (Phi) is 6.34. The minimum absolute atomic E-state index is 0.0199. The predicted octanol–water partition coefficient (Wildman–Crippen LogP) is 1.05. The number of carbonyl (C=O) groups excluding carboxylic acids is 1. The third kappa shape index (κ3) is 5.17. The monoisotopic (exact) mass is 311 g/mol. The highest BCUT2D eigenvalue weighted by Gasteiger charge is 2.29. The van der Waals surface area contributed by atoms with Gasteiger partial charge in [0.15, 0.2) is 15.1 Å². The van der Waals surface area contributed by atoms with E-state index in [-0.39, 0.29) is 19.0 Å². The van der Waals surface area contributed by atoms with Gasteiger partial charge in [0.05, 0.1) is 24.0 Å². The van der Waals surface area contributed by atoms with Gasteiger partial charge in [-0.15, -0.1) is 0 Å². The summed E-state index contributed by atoms with van der Waals surface area (Å²) in [4.78, 5) is 11.7. The van der Waals surface area contributed by atoms with Crippen LogP contribution in [0, 0.1) is 11.3 Å². The number of ether oxygens (including phenoxy) is 2. The summed E-state index contributed by atoms with van der Waals surface area (Å²) in [7, 11) is -2.21. The maximum Gasteiger partial charge on any atom is 0.324 e. The summed E-state index contributed by atoms with van der Waals surface area (Å²) in [5.74, 6) is -1.07. The molecule has 0 saturated heterocycles. The molecule has 6 nitrogen and oxygen atoms in total. The number of carbonyl (C=O) groups is 1. The second-order valence-electron chi connectivity index (χ2n) is 4.42. The first-order chi connectivity index (χ1) is 9.90. The van der Waals surface area contributed by atoms with Crippen LogP contribution in [0.1, 0.15) is 18.1 Å². The van der Waals surface area contributed by atoms with Crippen molar-refractivity contribution < 1.29 is 22.7 Å². The molecule has 1 unspecified atom stereocenters. The molecule has 0 bridgehead atoms. The number of nitriles is 1. The maximum atomic E-state index is 12.1. The van der Waals surface area contributed by atoms with E-state index in [1.807, 2.05) is 6.07 Å². The van der Waals surface area contributed by atoms with Crippen LogP contribution in [0.5, 0.6) is 0 Å². The van der Waals surface area contributed by atoms with Crippen LogP contribution in [-0.2, 0) is 29.9 Å². The lowest BCUT2D eigenvalue weighted by atomic mass is 10.2. The van der Waals surface area contributed by atoms with Crippen LogP contribution in [0.25, 0.3) is 0 Å². The molecule has 0 saturated carbocycles. The van der Waals surface area contributed by atoms with Crippen LogP contribution in [0.15, 0.2) is 24.3 Å². The summed E-state index contributed by atoms with van der Waals surface area (Å²) in [6.45, 7) is 1.54. The number of benzene rings is 1. The van der Waals surface area contributed by atoms with Crippen LogP contribution >= 0.6 is 0 Å². The molecule has 0 amide bonds. The highest BCUT2D eigenvalue weighted by molar-refractivity contribution is 7.92. The standard InChI is InChI=1S/C14H17NO5S/c1-11(14(16)20-8-7-19-2)21(17,18)10-13-5-3-12(9-15)4-6-13/h3-6,11H,7-8,10H2,1-2H3. The van der Waals surface area contributed by atoms with E-state index in [2.05, 4.69) is 0 Å². The summed E-state index contributed by atoms with van der Waals surface area (Å²) in [6.07, 6.45) is 0. The molecule has 1 aromatic carbocycles. The molecule has 0 aliphatic carbocycles. The Hall–Kier alpha value is -1.91. The van der Waals surface area contributed by atoms with Crippen LogP contribution in [0.3, 0.4) is 0 Å². The number of hydrogen-bond acceptors (Lipinski definition) is 6. The van der Waals surface area contributed by atoms with E-state index >= 15 is 0 Å². The first-order valence-corrected chi connectivity index (χ1v) is 7.98. The van der Waals surface area contributed by atoms with Gasteiger partial charge in [-0.25, -0.2) is 8.42 Å². The molecular formula is C14H17NO5S. The Balaban J connectivity index is 2.71. The van der Waals surface area contributed by atoms with E-state index in [1.54, 1.807) is 12.1 Å². The Morgan fingerprint density at radius 2 is 1.90 bits per heavy atom. The second-order valence-corrected chi connectivity index (χ2v) is 6.74. The van der Waals surface area contributed by atoms with Crippen molar-refractivity contribution in [2.24, 2.45) is 0 Å². The molecule has 1 rings (SSSR count). The van der Waals surface area contributed by atoms with Crippen molar-refractivity contribution in [3.8, 4) is 6.07 Å². The summed E-state index contributed by atoms with van der Waals surface area (Å²) >= 11 is 0. The minimum atomic E-state index is -3.67. The van der Waals surface area contributed by atoms with E-state index in [0.717, 1.165) is 0 Å². The smallest absolute Gasteiger partial charge is 0.324 e. The zero-order chi connectivity index (χ0) is 15.9. The van der Waals surface area contributed by atoms with Crippen LogP contribution in [0.4, 0.5) is 0 Å². The van der Waals surface area contributed by atoms with Crippen molar-refractivity contribution >= 4 is 15.8 Å². The third-order valence-corrected chi connectivity index (χ3v) is 4.86. The van der Waals surface area contributed by atoms with Gasteiger partial charge < -0.3 is 9.47 Å². The van der Waals surface area contributed by atoms with Crippen molar-refractivity contribution in [3.05, 3.63) is 35.4 Å². The normalized spacial score (nSPS) is 12.4. The topological polar surface area (TPSA) is 93.5 Å². The second kappa shape index (κ2) is 7.76. The molecule has 0 aliphatic rings. The first kappa shape index (κ1) is 17.1. The molecule has 7 heteroatoms. The molecule has 0 heterocycles. The largest absolute Gasteiger partial charge is 0.462 e. The molecule has 1 atom stereocenters. The van der Waals surface area contributed by atoms with Gasteiger partial charge in [-0.3, -0.25) is 4.79 Å². The zero-order valence-electron chi connectivity index (χ0n) is 11.9. The van der Waals surface area contributed by atoms with Gasteiger partial charge in [0.2, 0.25) is 0 Å². The SMILES string of the molecule is COCCOC(=O)C(C)S(=O)(=O)Cc1ccc(C#N)cc1. The van der Waals surface area contributed by atoms with E-state index in [9.17, 15) is 13.2 Å². The van der Waals surface area contributed by atoms with Crippen molar-refractivity contribution in [1.82, 2.24) is 0 Å². The first-order valence-electron chi connectivity index (χ1n) is 6.27. The van der Waals surface area contributed by atoms with Gasteiger partial charge in [-0.1, -0.05) is 12.1 Å². The van der Waals surface area contributed by atoms with Gasteiger partial charge in [0.25, 0.3) is 0 Å². The van der Waals surface area contributed by atoms with Gasteiger partial charge in [0.1, 0.15) is 6.61 Å². The van der Waals surface area contributed by atoms with Crippen molar-refractivity contribution in [2.45, 2.75) is 17.9 Å². The average Bonchev–Trinajstić information content (AvgIpc) is 2.47. The molecule has 0 aromatic heterocycles. The summed E-state index contributed by atoms with van der Waals surface area (Å²) in [5.41, 5.74) is 0.966. The molecule has 0 fully saturated rings. The van der Waals surface area contributed by atoms with Crippen LogP contribution in [0.2, 0.25) is 0 Å². The number of nitrogens with zero attached hydrogens (tertiary/aromatic N) is 1. The molecule has 1 aromatic rings. The van der Waals surface area contributed by atoms with Gasteiger partial charge >= 0.3 is 5.97 Å². The number of sulfone groups is 1. The molecule has 0 spiro atoms. The van der Waals surface area contributed by atoms with Crippen LogP contribution in [-0.4, -0.2) is 40.0 Å². The lowest BCUT2D eigenvalue weighted by molar-refractivity contribution is -0.144. The lowest BCUT2D eigenvalue weighted by Crippen LogP contribution is -2.31. The summed E-state index contributed by atoms with van der Waals surface area (Å²) in [5, 5.41) is 7.44. The maximum absolute atomic E-state index is 12.1.